The van der Waals surface area contributed by atoms with Gasteiger partial charge in [-0.15, -0.1) is 0 Å². The molecule has 0 spiro atoms. The Labute approximate surface area is 368 Å². The summed E-state index contributed by atoms with van der Waals surface area (Å²) in [7, 11) is -2.21. The van der Waals surface area contributed by atoms with Gasteiger partial charge in [0.1, 0.15) is 23.3 Å². The van der Waals surface area contributed by atoms with Crippen LogP contribution in [0.3, 0.4) is 0 Å². The minimum Gasteiger partial charge on any atom is -0.368 e. The second-order valence-corrected chi connectivity index (χ2v) is 21.9. The first kappa shape index (κ1) is 42.7. The number of nitrogens with one attached hydrogen (secondary N) is 2. The molecule has 10 rings (SSSR count). The first-order valence-corrected chi connectivity index (χ1v) is 26.1. The molecule has 2 aromatic heterocycles. The van der Waals surface area contributed by atoms with Gasteiger partial charge in [-0.05, 0) is 124 Å². The van der Waals surface area contributed by atoms with E-state index in [1.807, 2.05) is 24.3 Å². The maximum atomic E-state index is 11.7. The number of fused-ring (bicyclic) bond motifs is 2. The molecule has 14 nitrogen and oxygen atoms in total. The standard InChI is InChI=1S/2C23H31N5O2S/c2*1-24-18-15-20(16-18)28-10-9-17-3-8-22(25-23(17)28)27-13-11-26(12-14-27)19-4-6-21(7-5-19)31(2,29)30/h2*3-8,18,20,24H,9-16H2,1-2H3. The Morgan fingerprint density at radius 3 is 1.13 bits per heavy atom. The Morgan fingerprint density at radius 2 is 0.806 bits per heavy atom. The number of pyridine rings is 2. The minimum atomic E-state index is -3.16. The predicted octanol–water partition coefficient (Wildman–Crippen LogP) is 3.85. The minimum absolute atomic E-state index is 0.370. The van der Waals surface area contributed by atoms with Crippen LogP contribution in [0.4, 0.5) is 34.6 Å². The fourth-order valence-electron chi connectivity index (χ4n) is 9.93. The Balaban J connectivity index is 0.000000158. The lowest BCUT2D eigenvalue weighted by molar-refractivity contribution is 0.294. The van der Waals surface area contributed by atoms with Gasteiger partial charge in [-0.1, -0.05) is 12.1 Å². The van der Waals surface area contributed by atoms with Gasteiger partial charge in [-0.3, -0.25) is 0 Å². The highest BCUT2D eigenvalue weighted by Crippen LogP contribution is 2.38. The molecule has 6 heterocycles. The summed E-state index contributed by atoms with van der Waals surface area (Å²) in [6, 6.07) is 25.9. The Morgan fingerprint density at radius 1 is 0.468 bits per heavy atom. The SMILES string of the molecule is CNC1CC(N2CCc3ccc(N4CCN(c5ccc(S(C)(=O)=O)cc5)CC4)nc32)C1.CNC1CC(N2CCc3ccc(N4CCN(c5ccc(S(C)(=O)=O)cc5)CC4)nc32)C1. The summed E-state index contributed by atoms with van der Waals surface area (Å²) in [5.74, 6) is 4.52. The van der Waals surface area contributed by atoms with Crippen molar-refractivity contribution in [1.82, 2.24) is 20.6 Å². The van der Waals surface area contributed by atoms with Gasteiger partial charge in [0.15, 0.2) is 19.7 Å². The van der Waals surface area contributed by atoms with Crippen LogP contribution in [0.25, 0.3) is 0 Å². The first-order valence-electron chi connectivity index (χ1n) is 22.3. The monoisotopic (exact) mass is 882 g/mol. The molecule has 2 saturated carbocycles. The number of hydrogen-bond acceptors (Lipinski definition) is 14. The van der Waals surface area contributed by atoms with E-state index in [0.29, 0.717) is 34.0 Å². The van der Waals surface area contributed by atoms with Gasteiger partial charge in [0.05, 0.1) is 9.79 Å². The summed E-state index contributed by atoms with van der Waals surface area (Å²) in [6.07, 6.45) is 9.51. The number of benzene rings is 2. The summed E-state index contributed by atoms with van der Waals surface area (Å²) in [5, 5.41) is 6.76. The second-order valence-electron chi connectivity index (χ2n) is 17.9. The molecule has 62 heavy (non-hydrogen) atoms. The van der Waals surface area contributed by atoms with Crippen molar-refractivity contribution in [2.24, 2.45) is 0 Å². The number of aromatic nitrogens is 2. The fourth-order valence-corrected chi connectivity index (χ4v) is 11.2. The molecule has 0 unspecified atom stereocenters. The number of anilines is 6. The average molecular weight is 883 g/mol. The molecule has 0 bridgehead atoms. The van der Waals surface area contributed by atoms with E-state index >= 15 is 0 Å². The Bertz CT molecular complexity index is 2260. The van der Waals surface area contributed by atoms with Crippen LogP contribution in [-0.2, 0) is 32.5 Å². The van der Waals surface area contributed by atoms with E-state index in [0.717, 1.165) is 101 Å². The zero-order valence-electron chi connectivity index (χ0n) is 36.6. The molecule has 0 radical (unpaired) electrons. The molecule has 2 aliphatic carbocycles. The largest absolute Gasteiger partial charge is 0.368 e. The van der Waals surface area contributed by atoms with E-state index in [2.05, 4.69) is 78.4 Å². The van der Waals surface area contributed by atoms with Crippen molar-refractivity contribution < 1.29 is 16.8 Å². The van der Waals surface area contributed by atoms with Crippen LogP contribution in [0.1, 0.15) is 36.8 Å². The molecular formula is C46H62N10O4S2. The summed E-state index contributed by atoms with van der Waals surface area (Å²) >= 11 is 0. The molecule has 4 fully saturated rings. The maximum absolute atomic E-state index is 11.7. The van der Waals surface area contributed by atoms with E-state index in [4.69, 9.17) is 9.97 Å². The Hall–Kier alpha value is -4.64. The van der Waals surface area contributed by atoms with Gasteiger partial charge < -0.3 is 40.0 Å². The lowest BCUT2D eigenvalue weighted by Gasteiger charge is -2.42. The van der Waals surface area contributed by atoms with Gasteiger partial charge in [0.2, 0.25) is 0 Å². The molecule has 16 heteroatoms. The van der Waals surface area contributed by atoms with Crippen molar-refractivity contribution in [2.75, 3.05) is 121 Å². The van der Waals surface area contributed by atoms with E-state index < -0.39 is 19.7 Å². The van der Waals surface area contributed by atoms with Gasteiger partial charge in [0.25, 0.3) is 0 Å². The highest BCUT2D eigenvalue weighted by atomic mass is 32.2. The second kappa shape index (κ2) is 17.5. The van der Waals surface area contributed by atoms with Crippen LogP contribution in [0.5, 0.6) is 0 Å². The lowest BCUT2D eigenvalue weighted by Crippen LogP contribution is -2.51. The predicted molar refractivity (Wildman–Crippen MR) is 250 cm³/mol. The molecule has 2 saturated heterocycles. The first-order chi connectivity index (χ1) is 29.8. The van der Waals surface area contributed by atoms with Crippen molar-refractivity contribution >= 4 is 54.3 Å². The maximum Gasteiger partial charge on any atom is 0.175 e. The number of rotatable bonds is 10. The number of hydrogen-bond donors (Lipinski definition) is 2. The molecule has 2 aromatic carbocycles. The molecule has 2 N–H and O–H groups in total. The normalized spacial score (nSPS) is 23.6. The summed E-state index contributed by atoms with van der Waals surface area (Å²) in [6.45, 7) is 9.39. The molecule has 4 aromatic rings. The molecule has 4 aliphatic heterocycles. The Kier molecular flexibility index (Phi) is 12.0. The molecule has 332 valence electrons. The van der Waals surface area contributed by atoms with Crippen molar-refractivity contribution in [3.8, 4) is 0 Å². The molecule has 0 atom stereocenters. The van der Waals surface area contributed by atoms with Gasteiger partial charge in [-0.25, -0.2) is 26.8 Å². The van der Waals surface area contributed by atoms with Crippen molar-refractivity contribution in [1.29, 1.82) is 0 Å². The zero-order chi connectivity index (χ0) is 43.2. The molecule has 0 amide bonds. The topological polar surface area (TPSA) is 138 Å². The third-order valence-electron chi connectivity index (χ3n) is 14.1. The number of sulfone groups is 2. The molecular weight excluding hydrogens is 821 g/mol. The highest BCUT2D eigenvalue weighted by Gasteiger charge is 2.38. The van der Waals surface area contributed by atoms with Crippen LogP contribution in [0.15, 0.2) is 82.6 Å². The fraction of sp³-hybridized carbons (Fsp3) is 0.522. The highest BCUT2D eigenvalue weighted by molar-refractivity contribution is 7.91. The zero-order valence-corrected chi connectivity index (χ0v) is 38.2. The van der Waals surface area contributed by atoms with Crippen molar-refractivity contribution in [3.63, 3.8) is 0 Å². The van der Waals surface area contributed by atoms with Gasteiger partial charge in [0, 0.05) is 114 Å². The summed E-state index contributed by atoms with van der Waals surface area (Å²) in [5.41, 5.74) is 4.90. The quantitative estimate of drug-likeness (QED) is 0.239. The van der Waals surface area contributed by atoms with Crippen LogP contribution >= 0.6 is 0 Å². The van der Waals surface area contributed by atoms with E-state index in [1.54, 1.807) is 24.3 Å². The van der Waals surface area contributed by atoms with Crippen LogP contribution < -0.4 is 40.0 Å². The van der Waals surface area contributed by atoms with Crippen molar-refractivity contribution in [2.45, 2.75) is 72.5 Å². The lowest BCUT2D eigenvalue weighted by atomic mass is 9.86. The van der Waals surface area contributed by atoms with Crippen LogP contribution in [-0.4, -0.2) is 143 Å². The van der Waals surface area contributed by atoms with E-state index in [-0.39, 0.29) is 0 Å². The van der Waals surface area contributed by atoms with Gasteiger partial charge >= 0.3 is 0 Å². The van der Waals surface area contributed by atoms with E-state index in [9.17, 15) is 16.8 Å². The smallest absolute Gasteiger partial charge is 0.175 e. The summed E-state index contributed by atoms with van der Waals surface area (Å²) in [4.78, 5) is 25.3. The third kappa shape index (κ3) is 8.93. The number of nitrogens with zero attached hydrogens (tertiary/aromatic N) is 8. The number of piperazine rings is 2. The van der Waals surface area contributed by atoms with Crippen molar-refractivity contribution in [3.05, 3.63) is 83.9 Å². The van der Waals surface area contributed by atoms with Gasteiger partial charge in [-0.2, -0.15) is 0 Å². The third-order valence-corrected chi connectivity index (χ3v) is 16.3. The van der Waals surface area contributed by atoms with Crippen LogP contribution in [0.2, 0.25) is 0 Å². The van der Waals surface area contributed by atoms with E-state index in [1.165, 1.54) is 61.0 Å². The average Bonchev–Trinajstić information content (AvgIpc) is 3.87. The summed E-state index contributed by atoms with van der Waals surface area (Å²) < 4.78 is 46.7. The van der Waals surface area contributed by atoms with Crippen LogP contribution in [0, 0.1) is 0 Å². The molecule has 6 aliphatic rings.